The second kappa shape index (κ2) is 9.51. The first-order valence-electron chi connectivity index (χ1n) is 11.0. The summed E-state index contributed by atoms with van der Waals surface area (Å²) in [7, 11) is 1.34. The van der Waals surface area contributed by atoms with Gasteiger partial charge in [-0.05, 0) is 44.6 Å². The molecule has 2 atom stereocenters. The Hall–Kier alpha value is -2.87. The molecule has 1 saturated heterocycles. The van der Waals surface area contributed by atoms with Crippen LogP contribution in [0.4, 0.5) is 11.4 Å². The molecule has 0 spiro atoms. The molecule has 0 bridgehead atoms. The van der Waals surface area contributed by atoms with E-state index in [4.69, 9.17) is 9.47 Å². The normalized spacial score (nSPS) is 20.7. The molecule has 0 unspecified atom stereocenters. The van der Waals surface area contributed by atoms with Gasteiger partial charge in [0, 0.05) is 25.1 Å². The van der Waals surface area contributed by atoms with Crippen molar-refractivity contribution in [1.82, 2.24) is 9.55 Å². The molecule has 8 heteroatoms. The third-order valence-corrected chi connectivity index (χ3v) is 6.11. The van der Waals surface area contributed by atoms with Crippen LogP contribution in [0.25, 0.3) is 11.0 Å². The summed E-state index contributed by atoms with van der Waals surface area (Å²) in [4.78, 5) is 30.1. The Morgan fingerprint density at radius 3 is 2.87 bits per heavy atom. The molecule has 4 rings (SSSR count). The summed E-state index contributed by atoms with van der Waals surface area (Å²) in [5, 5.41) is 7.18. The van der Waals surface area contributed by atoms with E-state index in [1.165, 1.54) is 13.5 Å². The highest BCUT2D eigenvalue weighted by atomic mass is 16.5. The van der Waals surface area contributed by atoms with Gasteiger partial charge in [-0.25, -0.2) is 9.78 Å². The van der Waals surface area contributed by atoms with Crippen LogP contribution in [-0.2, 0) is 20.8 Å². The lowest BCUT2D eigenvalue weighted by molar-refractivity contribution is -0.119. The number of esters is 1. The van der Waals surface area contributed by atoms with E-state index in [9.17, 15) is 9.59 Å². The fourth-order valence-electron chi connectivity index (χ4n) is 4.34. The molecule has 8 nitrogen and oxygen atoms in total. The Labute approximate surface area is 182 Å². The van der Waals surface area contributed by atoms with Gasteiger partial charge in [0.05, 0.1) is 37.2 Å². The zero-order valence-corrected chi connectivity index (χ0v) is 18.1. The van der Waals surface area contributed by atoms with Crippen molar-refractivity contribution < 1.29 is 19.1 Å². The van der Waals surface area contributed by atoms with E-state index in [0.717, 1.165) is 30.5 Å². The number of amides is 1. The lowest BCUT2D eigenvalue weighted by atomic mass is 9.94. The number of ether oxygens (including phenoxy) is 2. The van der Waals surface area contributed by atoms with Gasteiger partial charge in [0.15, 0.2) is 5.69 Å². The van der Waals surface area contributed by atoms with Gasteiger partial charge in [-0.3, -0.25) is 4.79 Å². The second-order valence-corrected chi connectivity index (χ2v) is 8.14. The van der Waals surface area contributed by atoms with Crippen molar-refractivity contribution in [1.29, 1.82) is 0 Å². The SMILES string of the molecule is CCn1c(C(=O)OC)c(NC(=O)[C@@H]2CCOC2)c2cc(NC[C@@H]3CC=CCC3)cnc21. The highest BCUT2D eigenvalue weighted by molar-refractivity contribution is 6.11. The van der Waals surface area contributed by atoms with Crippen LogP contribution in [0.15, 0.2) is 24.4 Å². The van der Waals surface area contributed by atoms with E-state index < -0.39 is 5.97 Å². The fourth-order valence-corrected chi connectivity index (χ4v) is 4.34. The average Bonchev–Trinajstić information content (AvgIpc) is 3.44. The minimum atomic E-state index is -0.499. The standard InChI is InChI=1S/C23H30N4O4/c1-3-27-20(23(29)30-2)19(26-22(28)16-9-10-31-14-16)18-11-17(13-25-21(18)27)24-12-15-7-5-4-6-8-15/h4-5,11,13,15-16,24H,3,6-10,12,14H2,1-2H3,(H,26,28)/t15-,16-/m1/s1. The maximum atomic E-state index is 12.8. The van der Waals surface area contributed by atoms with Gasteiger partial charge in [-0.15, -0.1) is 0 Å². The number of carbonyl (C=O) groups is 2. The smallest absolute Gasteiger partial charge is 0.356 e. The first kappa shape index (κ1) is 21.4. The first-order valence-corrected chi connectivity index (χ1v) is 11.0. The van der Waals surface area contributed by atoms with Crippen LogP contribution < -0.4 is 10.6 Å². The molecule has 3 heterocycles. The van der Waals surface area contributed by atoms with E-state index in [0.29, 0.717) is 49.1 Å². The van der Waals surface area contributed by atoms with Crippen molar-refractivity contribution in [3.8, 4) is 0 Å². The summed E-state index contributed by atoms with van der Waals surface area (Å²) in [6, 6.07) is 1.96. The van der Waals surface area contributed by atoms with Crippen LogP contribution in [0.3, 0.4) is 0 Å². The number of hydrogen-bond donors (Lipinski definition) is 2. The highest BCUT2D eigenvalue weighted by Gasteiger charge is 2.29. The van der Waals surface area contributed by atoms with Crippen molar-refractivity contribution in [3.05, 3.63) is 30.1 Å². The Kier molecular flexibility index (Phi) is 6.56. The summed E-state index contributed by atoms with van der Waals surface area (Å²) in [5.74, 6) is -0.279. The van der Waals surface area contributed by atoms with E-state index in [1.54, 1.807) is 10.8 Å². The fraction of sp³-hybridized carbons (Fsp3) is 0.522. The number of nitrogens with zero attached hydrogens (tertiary/aromatic N) is 2. The number of pyridine rings is 1. The van der Waals surface area contributed by atoms with Gasteiger partial charge in [0.2, 0.25) is 5.91 Å². The molecule has 2 N–H and O–H groups in total. The molecule has 31 heavy (non-hydrogen) atoms. The zero-order chi connectivity index (χ0) is 21.8. The molecule has 2 aromatic rings. The van der Waals surface area contributed by atoms with Gasteiger partial charge in [0.25, 0.3) is 0 Å². The minimum absolute atomic E-state index is 0.148. The summed E-state index contributed by atoms with van der Waals surface area (Å²) in [6.07, 6.45) is 10.3. The number of nitrogens with one attached hydrogen (secondary N) is 2. The maximum absolute atomic E-state index is 12.8. The molecular formula is C23H30N4O4. The van der Waals surface area contributed by atoms with E-state index in [2.05, 4.69) is 27.8 Å². The summed E-state index contributed by atoms with van der Waals surface area (Å²) >= 11 is 0. The van der Waals surface area contributed by atoms with Gasteiger partial charge in [-0.1, -0.05) is 12.2 Å². The molecule has 166 valence electrons. The van der Waals surface area contributed by atoms with Crippen LogP contribution in [0.1, 0.15) is 43.1 Å². The number of anilines is 2. The number of allylic oxidation sites excluding steroid dienone is 2. The largest absolute Gasteiger partial charge is 0.464 e. The molecule has 0 aromatic carbocycles. The molecule has 2 aliphatic rings. The van der Waals surface area contributed by atoms with Gasteiger partial charge < -0.3 is 24.7 Å². The number of fused-ring (bicyclic) bond motifs is 1. The van der Waals surface area contributed by atoms with Crippen LogP contribution >= 0.6 is 0 Å². The molecular weight excluding hydrogens is 396 g/mol. The number of aromatic nitrogens is 2. The van der Waals surface area contributed by atoms with Crippen LogP contribution in [0.5, 0.6) is 0 Å². The minimum Gasteiger partial charge on any atom is -0.464 e. The molecule has 2 aromatic heterocycles. The van der Waals surface area contributed by atoms with E-state index in [1.807, 2.05) is 13.0 Å². The van der Waals surface area contributed by atoms with Crippen molar-refractivity contribution >= 4 is 34.3 Å². The monoisotopic (exact) mass is 426 g/mol. The molecule has 1 fully saturated rings. The molecule has 1 amide bonds. The number of methoxy groups -OCH3 is 1. The van der Waals surface area contributed by atoms with Crippen molar-refractivity contribution in [2.45, 2.75) is 39.2 Å². The van der Waals surface area contributed by atoms with Crippen LogP contribution in [-0.4, -0.2) is 48.3 Å². The number of aryl methyl sites for hydroxylation is 1. The highest BCUT2D eigenvalue weighted by Crippen LogP contribution is 2.33. The Balaban J connectivity index is 1.68. The summed E-state index contributed by atoms with van der Waals surface area (Å²) in [6.45, 7) is 4.29. The zero-order valence-electron chi connectivity index (χ0n) is 18.1. The van der Waals surface area contributed by atoms with Crippen LogP contribution in [0, 0.1) is 11.8 Å². The van der Waals surface area contributed by atoms with Gasteiger partial charge in [0.1, 0.15) is 5.65 Å². The topological polar surface area (TPSA) is 94.5 Å². The van der Waals surface area contributed by atoms with Crippen molar-refractivity contribution in [3.63, 3.8) is 0 Å². The van der Waals surface area contributed by atoms with Crippen molar-refractivity contribution in [2.75, 3.05) is 37.5 Å². The number of rotatable bonds is 7. The lowest BCUT2D eigenvalue weighted by Crippen LogP contribution is -2.24. The summed E-state index contributed by atoms with van der Waals surface area (Å²) in [5.41, 5.74) is 2.28. The summed E-state index contributed by atoms with van der Waals surface area (Å²) < 4.78 is 12.2. The van der Waals surface area contributed by atoms with Gasteiger partial charge >= 0.3 is 5.97 Å². The van der Waals surface area contributed by atoms with E-state index in [-0.39, 0.29) is 11.8 Å². The predicted molar refractivity (Wildman–Crippen MR) is 119 cm³/mol. The number of hydrogen-bond acceptors (Lipinski definition) is 6. The molecule has 1 aliphatic heterocycles. The third kappa shape index (κ3) is 4.44. The second-order valence-electron chi connectivity index (χ2n) is 8.14. The number of carbonyl (C=O) groups excluding carboxylic acids is 2. The molecule has 0 saturated carbocycles. The molecule has 0 radical (unpaired) electrons. The Bertz CT molecular complexity index is 991. The quantitative estimate of drug-likeness (QED) is 0.519. The van der Waals surface area contributed by atoms with Crippen LogP contribution in [0.2, 0.25) is 0 Å². The Morgan fingerprint density at radius 2 is 2.19 bits per heavy atom. The Morgan fingerprint density at radius 1 is 1.32 bits per heavy atom. The first-order chi connectivity index (χ1) is 15.1. The van der Waals surface area contributed by atoms with Crippen molar-refractivity contribution in [2.24, 2.45) is 11.8 Å². The van der Waals surface area contributed by atoms with Gasteiger partial charge in [-0.2, -0.15) is 0 Å². The predicted octanol–water partition coefficient (Wildman–Crippen LogP) is 3.59. The average molecular weight is 427 g/mol. The van der Waals surface area contributed by atoms with E-state index >= 15 is 0 Å². The third-order valence-electron chi connectivity index (χ3n) is 6.11. The lowest BCUT2D eigenvalue weighted by Gasteiger charge is -2.18. The molecule has 1 aliphatic carbocycles. The maximum Gasteiger partial charge on any atom is 0.356 e.